The zero-order chi connectivity index (χ0) is 13.7. The van der Waals surface area contributed by atoms with Crippen LogP contribution in [0.3, 0.4) is 0 Å². The van der Waals surface area contributed by atoms with E-state index in [9.17, 15) is 4.79 Å². The highest BCUT2D eigenvalue weighted by Gasteiger charge is 2.16. The second kappa shape index (κ2) is 6.57. The van der Waals surface area contributed by atoms with Gasteiger partial charge in [-0.25, -0.2) is 4.79 Å². The fourth-order valence-electron chi connectivity index (χ4n) is 2.34. The Morgan fingerprint density at radius 2 is 1.74 bits per heavy atom. The molecule has 1 fully saturated rings. The maximum Gasteiger partial charge on any atom is 0.317 e. The maximum atomic E-state index is 11.8. The highest BCUT2D eigenvalue weighted by molar-refractivity contribution is 5.74. The summed E-state index contributed by atoms with van der Waals surface area (Å²) >= 11 is 0. The number of hydrogen-bond donors (Lipinski definition) is 1. The summed E-state index contributed by atoms with van der Waals surface area (Å²) in [6, 6.07) is 8.48. The average Bonchev–Trinajstić information content (AvgIpc) is 2.91. The minimum atomic E-state index is 0.0647. The number of carbonyl (C=O) groups excluding carboxylic acids is 1. The predicted octanol–water partition coefficient (Wildman–Crippen LogP) is 2.05. The molecule has 0 aromatic heterocycles. The highest BCUT2D eigenvalue weighted by atomic mass is 16.2. The molecule has 2 rings (SSSR count). The molecule has 1 saturated heterocycles. The van der Waals surface area contributed by atoms with Crippen molar-refractivity contribution in [1.29, 1.82) is 0 Å². The summed E-state index contributed by atoms with van der Waals surface area (Å²) in [5.41, 5.74) is 2.44. The van der Waals surface area contributed by atoms with E-state index in [1.165, 1.54) is 5.56 Å². The van der Waals surface area contributed by atoms with E-state index in [1.807, 2.05) is 4.90 Å². The van der Waals surface area contributed by atoms with Crippen molar-refractivity contribution >= 4 is 6.03 Å². The molecule has 4 heteroatoms. The van der Waals surface area contributed by atoms with E-state index in [4.69, 9.17) is 0 Å². The van der Waals surface area contributed by atoms with Crippen LogP contribution in [-0.4, -0.2) is 43.0 Å². The monoisotopic (exact) mass is 261 g/mol. The topological polar surface area (TPSA) is 35.6 Å². The van der Waals surface area contributed by atoms with Crippen molar-refractivity contribution in [3.63, 3.8) is 0 Å². The van der Waals surface area contributed by atoms with Crippen molar-refractivity contribution in [3.05, 3.63) is 35.4 Å². The maximum absolute atomic E-state index is 11.8. The summed E-state index contributed by atoms with van der Waals surface area (Å²) in [5.74, 6) is 0. The number of nitrogens with zero attached hydrogens (tertiary/aromatic N) is 2. The molecule has 0 bridgehead atoms. The summed E-state index contributed by atoms with van der Waals surface area (Å²) in [7, 11) is 4.12. The van der Waals surface area contributed by atoms with Crippen LogP contribution in [0.25, 0.3) is 0 Å². The molecule has 0 radical (unpaired) electrons. The molecule has 1 aliphatic rings. The van der Waals surface area contributed by atoms with Gasteiger partial charge in [-0.1, -0.05) is 24.3 Å². The third-order valence-corrected chi connectivity index (χ3v) is 3.36. The Morgan fingerprint density at radius 1 is 1.16 bits per heavy atom. The highest BCUT2D eigenvalue weighted by Crippen LogP contribution is 2.09. The van der Waals surface area contributed by atoms with E-state index < -0.39 is 0 Å². The number of amides is 2. The Kier molecular flexibility index (Phi) is 4.80. The van der Waals surface area contributed by atoms with Crippen LogP contribution in [0.5, 0.6) is 0 Å². The van der Waals surface area contributed by atoms with Crippen molar-refractivity contribution < 1.29 is 4.79 Å². The van der Waals surface area contributed by atoms with Gasteiger partial charge in [0.25, 0.3) is 0 Å². The van der Waals surface area contributed by atoms with Crippen LogP contribution < -0.4 is 5.32 Å². The zero-order valence-electron chi connectivity index (χ0n) is 11.9. The Labute approximate surface area is 115 Å². The Balaban J connectivity index is 1.80. The second-order valence-corrected chi connectivity index (χ2v) is 5.41. The van der Waals surface area contributed by atoms with Gasteiger partial charge in [0.05, 0.1) is 0 Å². The first-order valence-corrected chi connectivity index (χ1v) is 6.90. The number of rotatable bonds is 4. The summed E-state index contributed by atoms with van der Waals surface area (Å²) in [6.07, 6.45) is 2.26. The molecule has 1 aromatic carbocycles. The van der Waals surface area contributed by atoms with Gasteiger partial charge >= 0.3 is 6.03 Å². The molecule has 0 spiro atoms. The Hall–Kier alpha value is -1.55. The molecule has 0 atom stereocenters. The van der Waals surface area contributed by atoms with Gasteiger partial charge in [-0.3, -0.25) is 0 Å². The normalized spacial score (nSPS) is 15.0. The van der Waals surface area contributed by atoms with Gasteiger partial charge in [0.1, 0.15) is 0 Å². The Bertz CT molecular complexity index is 408. The fraction of sp³-hybridized carbons (Fsp3) is 0.533. The largest absolute Gasteiger partial charge is 0.334 e. The average molecular weight is 261 g/mol. The van der Waals surface area contributed by atoms with E-state index in [-0.39, 0.29) is 6.03 Å². The van der Waals surface area contributed by atoms with Crippen LogP contribution >= 0.6 is 0 Å². The first-order chi connectivity index (χ1) is 9.15. The van der Waals surface area contributed by atoms with Crippen LogP contribution in [0.2, 0.25) is 0 Å². The van der Waals surface area contributed by atoms with Crippen molar-refractivity contribution in [2.45, 2.75) is 25.9 Å². The number of urea groups is 1. The van der Waals surface area contributed by atoms with Gasteiger partial charge in [0.15, 0.2) is 0 Å². The van der Waals surface area contributed by atoms with Crippen LogP contribution in [0, 0.1) is 0 Å². The zero-order valence-corrected chi connectivity index (χ0v) is 11.9. The first-order valence-electron chi connectivity index (χ1n) is 6.90. The van der Waals surface area contributed by atoms with Crippen molar-refractivity contribution in [1.82, 2.24) is 15.1 Å². The second-order valence-electron chi connectivity index (χ2n) is 5.41. The first kappa shape index (κ1) is 13.9. The van der Waals surface area contributed by atoms with Crippen LogP contribution in [0.15, 0.2) is 24.3 Å². The van der Waals surface area contributed by atoms with E-state index in [0.717, 1.165) is 38.0 Å². The summed E-state index contributed by atoms with van der Waals surface area (Å²) in [6.45, 7) is 3.35. The van der Waals surface area contributed by atoms with Crippen LogP contribution in [0.4, 0.5) is 4.79 Å². The molecule has 1 heterocycles. The van der Waals surface area contributed by atoms with Gasteiger partial charge in [-0.15, -0.1) is 0 Å². The molecule has 0 unspecified atom stereocenters. The van der Waals surface area contributed by atoms with E-state index in [1.54, 1.807) is 0 Å². The molecule has 2 amide bonds. The number of benzene rings is 1. The smallest absolute Gasteiger partial charge is 0.317 e. The van der Waals surface area contributed by atoms with Crippen LogP contribution in [-0.2, 0) is 13.1 Å². The van der Waals surface area contributed by atoms with Gasteiger partial charge < -0.3 is 15.1 Å². The summed E-state index contributed by atoms with van der Waals surface area (Å²) in [4.78, 5) is 15.9. The lowest BCUT2D eigenvalue weighted by atomic mass is 10.1. The third kappa shape index (κ3) is 4.24. The van der Waals surface area contributed by atoms with Crippen molar-refractivity contribution in [2.75, 3.05) is 27.2 Å². The summed E-state index contributed by atoms with van der Waals surface area (Å²) in [5, 5.41) is 2.98. The molecule has 104 valence electrons. The number of likely N-dealkylation sites (tertiary alicyclic amines) is 1. The molecule has 0 aliphatic carbocycles. The van der Waals surface area contributed by atoms with E-state index in [0.29, 0.717) is 6.54 Å². The number of nitrogens with one attached hydrogen (secondary N) is 1. The number of carbonyl (C=O) groups is 1. The molecular weight excluding hydrogens is 238 g/mol. The quantitative estimate of drug-likeness (QED) is 0.900. The number of hydrogen-bond acceptors (Lipinski definition) is 2. The van der Waals surface area contributed by atoms with Crippen molar-refractivity contribution in [3.8, 4) is 0 Å². The van der Waals surface area contributed by atoms with Crippen LogP contribution in [0.1, 0.15) is 24.0 Å². The van der Waals surface area contributed by atoms with E-state index in [2.05, 4.69) is 48.6 Å². The predicted molar refractivity (Wildman–Crippen MR) is 76.9 cm³/mol. The molecule has 4 nitrogen and oxygen atoms in total. The van der Waals surface area contributed by atoms with Gasteiger partial charge in [0, 0.05) is 26.2 Å². The van der Waals surface area contributed by atoms with Gasteiger partial charge in [0.2, 0.25) is 0 Å². The lowest BCUT2D eigenvalue weighted by molar-refractivity contribution is 0.208. The molecule has 1 N–H and O–H groups in total. The van der Waals surface area contributed by atoms with E-state index >= 15 is 0 Å². The summed E-state index contributed by atoms with van der Waals surface area (Å²) < 4.78 is 0. The van der Waals surface area contributed by atoms with Gasteiger partial charge in [-0.2, -0.15) is 0 Å². The molecule has 1 aliphatic heterocycles. The third-order valence-electron chi connectivity index (χ3n) is 3.36. The SMILES string of the molecule is CN(C)Cc1ccc(CNC(=O)N2CCCC2)cc1. The molecular formula is C15H23N3O. The standard InChI is InChI=1S/C15H23N3O/c1-17(2)12-14-7-5-13(6-8-14)11-16-15(19)18-9-3-4-10-18/h5-8H,3-4,9-12H2,1-2H3,(H,16,19). The lowest BCUT2D eigenvalue weighted by Gasteiger charge is -2.16. The minimum absolute atomic E-state index is 0.0647. The minimum Gasteiger partial charge on any atom is -0.334 e. The molecule has 1 aromatic rings. The molecule has 0 saturated carbocycles. The molecule has 19 heavy (non-hydrogen) atoms. The van der Waals surface area contributed by atoms with Gasteiger partial charge in [-0.05, 0) is 38.1 Å². The lowest BCUT2D eigenvalue weighted by Crippen LogP contribution is -2.37. The fourth-order valence-corrected chi connectivity index (χ4v) is 2.34. The Morgan fingerprint density at radius 3 is 2.32 bits per heavy atom. The van der Waals surface area contributed by atoms with Crippen molar-refractivity contribution in [2.24, 2.45) is 0 Å².